The average molecular weight is 230 g/mol. The largest absolute Gasteiger partial charge is 0.383 e. The van der Waals surface area contributed by atoms with Gasteiger partial charge in [0.25, 0.3) is 0 Å². The molecule has 0 aliphatic rings. The molecule has 90 valence electrons. The molecule has 0 unspecified atom stereocenters. The summed E-state index contributed by atoms with van der Waals surface area (Å²) in [5, 5.41) is 0. The van der Waals surface area contributed by atoms with Crippen LogP contribution in [0.1, 0.15) is 26.2 Å². The summed E-state index contributed by atoms with van der Waals surface area (Å²) in [5.41, 5.74) is 7.89. The first-order valence-electron chi connectivity index (χ1n) is 6.04. The van der Waals surface area contributed by atoms with E-state index < -0.39 is 0 Å². The Morgan fingerprint density at radius 3 is 3.00 bits per heavy atom. The zero-order valence-electron chi connectivity index (χ0n) is 10.1. The molecule has 0 aliphatic carbocycles. The first-order chi connectivity index (χ1) is 8.33. The summed E-state index contributed by atoms with van der Waals surface area (Å²) in [7, 11) is 0. The molecule has 2 N–H and O–H groups in total. The zero-order chi connectivity index (χ0) is 12.1. The third kappa shape index (κ3) is 2.64. The molecular weight excluding hydrogens is 212 g/mol. The van der Waals surface area contributed by atoms with Gasteiger partial charge in [-0.25, -0.2) is 9.97 Å². The Kier molecular flexibility index (Phi) is 3.75. The molecular formula is C13H18N4. The van der Waals surface area contributed by atoms with Crippen molar-refractivity contribution in [2.75, 3.05) is 5.73 Å². The van der Waals surface area contributed by atoms with Crippen molar-refractivity contribution in [3.05, 3.63) is 30.9 Å². The summed E-state index contributed by atoms with van der Waals surface area (Å²) in [6.45, 7) is 3.19. The number of nitrogens with two attached hydrogens (primary N) is 1. The van der Waals surface area contributed by atoms with E-state index in [0.29, 0.717) is 5.82 Å². The van der Waals surface area contributed by atoms with Crippen molar-refractivity contribution in [1.29, 1.82) is 0 Å². The van der Waals surface area contributed by atoms with Crippen molar-refractivity contribution in [1.82, 2.24) is 14.5 Å². The molecule has 0 fully saturated rings. The van der Waals surface area contributed by atoms with Crippen LogP contribution in [-0.4, -0.2) is 14.5 Å². The minimum atomic E-state index is 0.560. The maximum atomic E-state index is 5.88. The lowest BCUT2D eigenvalue weighted by Gasteiger charge is -2.09. The summed E-state index contributed by atoms with van der Waals surface area (Å²) >= 11 is 0. The standard InChI is InChI=1S/C13H18N4/c1-2-3-4-8-17-10-15-9-12(17)11-6-5-7-16-13(11)14/h5-7,9-10H,2-4,8H2,1H3,(H2,14,16). The lowest BCUT2D eigenvalue weighted by atomic mass is 10.2. The van der Waals surface area contributed by atoms with Crippen LogP contribution in [0, 0.1) is 0 Å². The number of rotatable bonds is 5. The van der Waals surface area contributed by atoms with Gasteiger partial charge in [-0.3, -0.25) is 0 Å². The second-order valence-electron chi connectivity index (χ2n) is 4.12. The fraction of sp³-hybridized carbons (Fsp3) is 0.385. The van der Waals surface area contributed by atoms with Gasteiger partial charge in [0, 0.05) is 18.3 Å². The van der Waals surface area contributed by atoms with Gasteiger partial charge in [0.1, 0.15) is 5.82 Å². The monoisotopic (exact) mass is 230 g/mol. The van der Waals surface area contributed by atoms with E-state index in [4.69, 9.17) is 5.73 Å². The Morgan fingerprint density at radius 1 is 1.35 bits per heavy atom. The van der Waals surface area contributed by atoms with Crippen LogP contribution in [0.15, 0.2) is 30.9 Å². The molecule has 17 heavy (non-hydrogen) atoms. The van der Waals surface area contributed by atoms with Crippen molar-refractivity contribution >= 4 is 5.82 Å². The smallest absolute Gasteiger partial charge is 0.132 e. The highest BCUT2D eigenvalue weighted by Crippen LogP contribution is 2.23. The number of unbranched alkanes of at least 4 members (excludes halogenated alkanes) is 2. The van der Waals surface area contributed by atoms with Crippen molar-refractivity contribution in [3.63, 3.8) is 0 Å². The van der Waals surface area contributed by atoms with Gasteiger partial charge in [0.15, 0.2) is 0 Å². The second-order valence-corrected chi connectivity index (χ2v) is 4.12. The van der Waals surface area contributed by atoms with Crippen molar-refractivity contribution < 1.29 is 0 Å². The van der Waals surface area contributed by atoms with E-state index in [-0.39, 0.29) is 0 Å². The van der Waals surface area contributed by atoms with Gasteiger partial charge in [0.2, 0.25) is 0 Å². The molecule has 2 heterocycles. The third-order valence-corrected chi connectivity index (χ3v) is 2.83. The molecule has 0 atom stereocenters. The first-order valence-corrected chi connectivity index (χ1v) is 6.04. The zero-order valence-corrected chi connectivity index (χ0v) is 10.1. The molecule has 0 bridgehead atoms. The number of pyridine rings is 1. The van der Waals surface area contributed by atoms with Crippen LogP contribution in [0.2, 0.25) is 0 Å². The fourth-order valence-corrected chi connectivity index (χ4v) is 1.89. The fourth-order valence-electron chi connectivity index (χ4n) is 1.89. The maximum Gasteiger partial charge on any atom is 0.132 e. The Balaban J connectivity index is 2.22. The number of aromatic nitrogens is 3. The second kappa shape index (κ2) is 5.48. The number of nitrogen functional groups attached to an aromatic ring is 1. The van der Waals surface area contributed by atoms with E-state index in [1.54, 1.807) is 6.20 Å². The predicted molar refractivity (Wildman–Crippen MR) is 69.4 cm³/mol. The van der Waals surface area contributed by atoms with Crippen LogP contribution in [0.5, 0.6) is 0 Å². The van der Waals surface area contributed by atoms with Gasteiger partial charge < -0.3 is 10.3 Å². The van der Waals surface area contributed by atoms with Gasteiger partial charge in [-0.2, -0.15) is 0 Å². The van der Waals surface area contributed by atoms with E-state index in [1.165, 1.54) is 19.3 Å². The van der Waals surface area contributed by atoms with E-state index in [1.807, 2.05) is 24.7 Å². The number of imidazole rings is 1. The summed E-state index contributed by atoms with van der Waals surface area (Å²) in [6.07, 6.45) is 9.03. The van der Waals surface area contributed by atoms with Gasteiger partial charge in [0.05, 0.1) is 18.2 Å². The molecule has 0 aromatic carbocycles. The topological polar surface area (TPSA) is 56.7 Å². The van der Waals surface area contributed by atoms with Crippen LogP contribution >= 0.6 is 0 Å². The van der Waals surface area contributed by atoms with Crippen LogP contribution in [0.25, 0.3) is 11.3 Å². The van der Waals surface area contributed by atoms with Crippen LogP contribution < -0.4 is 5.73 Å². The molecule has 0 spiro atoms. The summed E-state index contributed by atoms with van der Waals surface area (Å²) in [5.74, 6) is 0.560. The third-order valence-electron chi connectivity index (χ3n) is 2.83. The summed E-state index contributed by atoms with van der Waals surface area (Å²) in [4.78, 5) is 8.31. The quantitative estimate of drug-likeness (QED) is 0.803. The molecule has 4 heteroatoms. The van der Waals surface area contributed by atoms with Crippen molar-refractivity contribution in [3.8, 4) is 11.3 Å². The first kappa shape index (κ1) is 11.6. The summed E-state index contributed by atoms with van der Waals surface area (Å²) < 4.78 is 2.14. The molecule has 0 radical (unpaired) electrons. The normalized spacial score (nSPS) is 10.6. The lowest BCUT2D eigenvalue weighted by molar-refractivity contribution is 0.605. The molecule has 4 nitrogen and oxygen atoms in total. The SMILES string of the molecule is CCCCCn1cncc1-c1cccnc1N. The lowest BCUT2D eigenvalue weighted by Crippen LogP contribution is -2.01. The number of anilines is 1. The van der Waals surface area contributed by atoms with Crippen molar-refractivity contribution in [2.24, 2.45) is 0 Å². The molecule has 0 saturated heterocycles. The minimum absolute atomic E-state index is 0.560. The van der Waals surface area contributed by atoms with E-state index in [9.17, 15) is 0 Å². The summed E-state index contributed by atoms with van der Waals surface area (Å²) in [6, 6.07) is 3.88. The number of aryl methyl sites for hydroxylation is 1. The van der Waals surface area contributed by atoms with Crippen LogP contribution in [-0.2, 0) is 6.54 Å². The Hall–Kier alpha value is -1.84. The highest BCUT2D eigenvalue weighted by atomic mass is 15.0. The number of hydrogen-bond donors (Lipinski definition) is 1. The number of nitrogens with zero attached hydrogens (tertiary/aromatic N) is 3. The molecule has 2 rings (SSSR count). The highest BCUT2D eigenvalue weighted by molar-refractivity contribution is 5.70. The van der Waals surface area contributed by atoms with Gasteiger partial charge in [-0.05, 0) is 18.6 Å². The van der Waals surface area contributed by atoms with Gasteiger partial charge in [-0.15, -0.1) is 0 Å². The Morgan fingerprint density at radius 2 is 2.24 bits per heavy atom. The molecule has 0 aliphatic heterocycles. The van der Waals surface area contributed by atoms with E-state index >= 15 is 0 Å². The predicted octanol–water partition coefficient (Wildman–Crippen LogP) is 2.72. The van der Waals surface area contributed by atoms with E-state index in [2.05, 4.69) is 21.5 Å². The number of hydrogen-bond acceptors (Lipinski definition) is 3. The maximum absolute atomic E-state index is 5.88. The molecule has 0 amide bonds. The minimum Gasteiger partial charge on any atom is -0.383 e. The van der Waals surface area contributed by atoms with Crippen LogP contribution in [0.3, 0.4) is 0 Å². The Bertz CT molecular complexity index is 476. The average Bonchev–Trinajstić information content (AvgIpc) is 2.78. The highest BCUT2D eigenvalue weighted by Gasteiger charge is 2.08. The molecule has 0 saturated carbocycles. The van der Waals surface area contributed by atoms with Crippen LogP contribution in [0.4, 0.5) is 5.82 Å². The Labute approximate surface area is 102 Å². The molecule has 2 aromatic rings. The van der Waals surface area contributed by atoms with Crippen molar-refractivity contribution in [2.45, 2.75) is 32.7 Å². The van der Waals surface area contributed by atoms with E-state index in [0.717, 1.165) is 17.8 Å². The molecule has 2 aromatic heterocycles. The van der Waals surface area contributed by atoms with Gasteiger partial charge >= 0.3 is 0 Å². The van der Waals surface area contributed by atoms with Gasteiger partial charge in [-0.1, -0.05) is 19.8 Å².